The highest BCUT2D eigenvalue weighted by Crippen LogP contribution is 2.06. The van der Waals surface area contributed by atoms with Gasteiger partial charge in [-0.1, -0.05) is 20.3 Å². The average molecular weight is 202 g/mol. The summed E-state index contributed by atoms with van der Waals surface area (Å²) in [5, 5.41) is 17.2. The molecular weight excluding hydrogens is 184 g/mol. The Bertz CT molecular complexity index is 198. The van der Waals surface area contributed by atoms with Gasteiger partial charge in [0.2, 0.25) is 0 Å². The number of aliphatic hydroxyl groups is 2. The SMILES string of the molecule is CCC(C)CCOC(=O)C(=CO)CO. The van der Waals surface area contributed by atoms with Crippen LogP contribution in [-0.2, 0) is 9.53 Å². The summed E-state index contributed by atoms with van der Waals surface area (Å²) in [6.07, 6.45) is 2.41. The van der Waals surface area contributed by atoms with Gasteiger partial charge in [0, 0.05) is 0 Å². The Morgan fingerprint density at radius 3 is 2.64 bits per heavy atom. The number of hydrogen-bond acceptors (Lipinski definition) is 4. The van der Waals surface area contributed by atoms with E-state index in [1.807, 2.05) is 0 Å². The molecule has 2 N–H and O–H groups in total. The number of hydrogen-bond donors (Lipinski definition) is 2. The van der Waals surface area contributed by atoms with Crippen molar-refractivity contribution in [1.29, 1.82) is 0 Å². The van der Waals surface area contributed by atoms with E-state index in [0.717, 1.165) is 12.8 Å². The van der Waals surface area contributed by atoms with E-state index < -0.39 is 12.6 Å². The lowest BCUT2D eigenvalue weighted by atomic mass is 10.1. The van der Waals surface area contributed by atoms with E-state index in [-0.39, 0.29) is 5.57 Å². The Balaban J connectivity index is 3.74. The normalized spacial score (nSPS) is 13.8. The fourth-order valence-corrected chi connectivity index (χ4v) is 0.808. The fraction of sp³-hybridized carbons (Fsp3) is 0.700. The lowest BCUT2D eigenvalue weighted by Crippen LogP contribution is -2.13. The topological polar surface area (TPSA) is 66.8 Å². The molecule has 14 heavy (non-hydrogen) atoms. The second-order valence-electron chi connectivity index (χ2n) is 3.25. The summed E-state index contributed by atoms with van der Waals surface area (Å²) < 4.78 is 4.83. The predicted molar refractivity (Wildman–Crippen MR) is 52.8 cm³/mol. The van der Waals surface area contributed by atoms with Crippen LogP contribution in [0.4, 0.5) is 0 Å². The maximum absolute atomic E-state index is 11.1. The molecule has 0 spiro atoms. The number of esters is 1. The summed E-state index contributed by atoms with van der Waals surface area (Å²) >= 11 is 0. The Morgan fingerprint density at radius 2 is 2.21 bits per heavy atom. The van der Waals surface area contributed by atoms with E-state index in [1.54, 1.807) is 0 Å². The van der Waals surface area contributed by atoms with Crippen LogP contribution in [0.25, 0.3) is 0 Å². The van der Waals surface area contributed by atoms with Gasteiger partial charge < -0.3 is 14.9 Å². The molecule has 0 fully saturated rings. The smallest absolute Gasteiger partial charge is 0.339 e. The number of carbonyl (C=O) groups is 1. The zero-order valence-electron chi connectivity index (χ0n) is 8.69. The highest BCUT2D eigenvalue weighted by Gasteiger charge is 2.10. The molecule has 0 aliphatic rings. The molecule has 0 aliphatic heterocycles. The van der Waals surface area contributed by atoms with Crippen molar-refractivity contribution in [3.8, 4) is 0 Å². The average Bonchev–Trinajstić information content (AvgIpc) is 2.19. The molecule has 0 amide bonds. The van der Waals surface area contributed by atoms with Crippen molar-refractivity contribution in [1.82, 2.24) is 0 Å². The van der Waals surface area contributed by atoms with Crippen molar-refractivity contribution in [2.75, 3.05) is 13.2 Å². The van der Waals surface area contributed by atoms with Gasteiger partial charge in [-0.2, -0.15) is 0 Å². The molecule has 0 heterocycles. The molecule has 0 saturated heterocycles. The molecule has 0 saturated carbocycles. The van der Waals surface area contributed by atoms with Crippen molar-refractivity contribution in [3.63, 3.8) is 0 Å². The second-order valence-corrected chi connectivity index (χ2v) is 3.25. The zero-order chi connectivity index (χ0) is 11.0. The molecule has 0 aromatic carbocycles. The van der Waals surface area contributed by atoms with Gasteiger partial charge in [0.05, 0.1) is 25.0 Å². The Kier molecular flexibility index (Phi) is 6.84. The molecule has 0 rings (SSSR count). The lowest BCUT2D eigenvalue weighted by molar-refractivity contribution is -0.140. The summed E-state index contributed by atoms with van der Waals surface area (Å²) in [4.78, 5) is 11.1. The number of ether oxygens (including phenoxy) is 1. The maximum Gasteiger partial charge on any atom is 0.339 e. The third-order valence-corrected chi connectivity index (χ3v) is 2.13. The van der Waals surface area contributed by atoms with Gasteiger partial charge >= 0.3 is 5.97 Å². The minimum atomic E-state index is -0.654. The Hall–Kier alpha value is -1.03. The second kappa shape index (κ2) is 7.38. The molecule has 0 aliphatic carbocycles. The Morgan fingerprint density at radius 1 is 1.57 bits per heavy atom. The van der Waals surface area contributed by atoms with Gasteiger partial charge in [-0.15, -0.1) is 0 Å². The first-order valence-electron chi connectivity index (χ1n) is 4.76. The molecule has 4 heteroatoms. The van der Waals surface area contributed by atoms with Crippen molar-refractivity contribution < 1.29 is 19.7 Å². The van der Waals surface area contributed by atoms with Crippen LogP contribution in [-0.4, -0.2) is 29.4 Å². The van der Waals surface area contributed by atoms with E-state index in [4.69, 9.17) is 14.9 Å². The monoisotopic (exact) mass is 202 g/mol. The van der Waals surface area contributed by atoms with E-state index in [2.05, 4.69) is 13.8 Å². The standard InChI is InChI=1S/C10H18O4/c1-3-8(2)4-5-14-10(13)9(6-11)7-12/h6,8,11-12H,3-5,7H2,1-2H3. The van der Waals surface area contributed by atoms with Crippen LogP contribution >= 0.6 is 0 Å². The summed E-state index contributed by atoms with van der Waals surface area (Å²) in [6.45, 7) is 3.96. The predicted octanol–water partition coefficient (Wildman–Crippen LogP) is 1.40. The highest BCUT2D eigenvalue weighted by atomic mass is 16.5. The quantitative estimate of drug-likeness (QED) is 0.388. The summed E-state index contributed by atoms with van der Waals surface area (Å²) in [5.41, 5.74) is -0.117. The molecule has 0 aromatic heterocycles. The largest absolute Gasteiger partial charge is 0.515 e. The van der Waals surface area contributed by atoms with Crippen molar-refractivity contribution in [2.45, 2.75) is 26.7 Å². The van der Waals surface area contributed by atoms with Crippen LogP contribution in [0.5, 0.6) is 0 Å². The van der Waals surface area contributed by atoms with Crippen LogP contribution in [0, 0.1) is 5.92 Å². The molecule has 0 aromatic rings. The molecule has 0 radical (unpaired) electrons. The van der Waals surface area contributed by atoms with E-state index in [1.165, 1.54) is 0 Å². The molecule has 4 nitrogen and oxygen atoms in total. The Labute approximate surface area is 84.2 Å². The fourth-order valence-electron chi connectivity index (χ4n) is 0.808. The van der Waals surface area contributed by atoms with Crippen molar-refractivity contribution >= 4 is 5.97 Å². The van der Waals surface area contributed by atoms with Crippen LogP contribution in [0.3, 0.4) is 0 Å². The van der Waals surface area contributed by atoms with Crippen LogP contribution < -0.4 is 0 Å². The van der Waals surface area contributed by atoms with Crippen LogP contribution in [0.2, 0.25) is 0 Å². The zero-order valence-corrected chi connectivity index (χ0v) is 8.69. The first kappa shape index (κ1) is 13.0. The summed E-state index contributed by atoms with van der Waals surface area (Å²) in [7, 11) is 0. The van der Waals surface area contributed by atoms with E-state index >= 15 is 0 Å². The van der Waals surface area contributed by atoms with Crippen LogP contribution in [0.15, 0.2) is 11.8 Å². The number of rotatable bonds is 6. The van der Waals surface area contributed by atoms with E-state index in [9.17, 15) is 4.79 Å². The van der Waals surface area contributed by atoms with Crippen molar-refractivity contribution in [2.24, 2.45) is 5.92 Å². The van der Waals surface area contributed by atoms with Gasteiger partial charge in [0.15, 0.2) is 0 Å². The molecule has 1 unspecified atom stereocenters. The third kappa shape index (κ3) is 4.87. The maximum atomic E-state index is 11.1. The first-order valence-corrected chi connectivity index (χ1v) is 4.76. The van der Waals surface area contributed by atoms with Gasteiger partial charge in [0.1, 0.15) is 0 Å². The van der Waals surface area contributed by atoms with Gasteiger partial charge in [-0.3, -0.25) is 0 Å². The molecule has 82 valence electrons. The van der Waals surface area contributed by atoms with Crippen molar-refractivity contribution in [3.05, 3.63) is 11.8 Å². The minimum Gasteiger partial charge on any atom is -0.515 e. The minimum absolute atomic E-state index is 0.117. The number of aliphatic hydroxyl groups excluding tert-OH is 2. The van der Waals surface area contributed by atoms with Gasteiger partial charge in [-0.25, -0.2) is 4.79 Å². The lowest BCUT2D eigenvalue weighted by Gasteiger charge is -2.09. The molecular formula is C10H18O4. The van der Waals surface area contributed by atoms with Gasteiger partial charge in [0.25, 0.3) is 0 Å². The highest BCUT2D eigenvalue weighted by molar-refractivity contribution is 5.88. The third-order valence-electron chi connectivity index (χ3n) is 2.13. The van der Waals surface area contributed by atoms with E-state index in [0.29, 0.717) is 18.8 Å². The van der Waals surface area contributed by atoms with Gasteiger partial charge in [-0.05, 0) is 12.3 Å². The number of carbonyl (C=O) groups excluding carboxylic acids is 1. The first-order chi connectivity index (χ1) is 6.65. The van der Waals surface area contributed by atoms with Crippen LogP contribution in [0.1, 0.15) is 26.7 Å². The molecule has 0 bridgehead atoms. The molecule has 1 atom stereocenters. The summed E-state index contributed by atoms with van der Waals surface area (Å²) in [6, 6.07) is 0. The summed E-state index contributed by atoms with van der Waals surface area (Å²) in [5.74, 6) is -0.142.